The summed E-state index contributed by atoms with van der Waals surface area (Å²) in [6.45, 7) is 9.67. The fourth-order valence-electron chi connectivity index (χ4n) is 3.24. The summed E-state index contributed by atoms with van der Waals surface area (Å²) >= 11 is 6.08. The molecule has 166 valence electrons. The lowest BCUT2D eigenvalue weighted by atomic mass is 10.2. The zero-order chi connectivity index (χ0) is 22.6. The summed E-state index contributed by atoms with van der Waals surface area (Å²) in [5.74, 6) is 0.999. The molecule has 9 heteroatoms. The van der Waals surface area contributed by atoms with Crippen molar-refractivity contribution in [2.24, 2.45) is 0 Å². The van der Waals surface area contributed by atoms with Crippen molar-refractivity contribution in [2.45, 2.75) is 39.8 Å². The Bertz CT molecular complexity index is 939. The van der Waals surface area contributed by atoms with Gasteiger partial charge in [0, 0.05) is 38.1 Å². The van der Waals surface area contributed by atoms with Crippen LogP contribution in [0.4, 0.5) is 16.4 Å². The number of ether oxygens (including phenoxy) is 1. The molecule has 0 N–H and O–H groups in total. The van der Waals surface area contributed by atoms with E-state index in [0.717, 1.165) is 5.56 Å². The second-order valence-corrected chi connectivity index (χ2v) is 8.86. The number of hydrogen-bond donors (Lipinski definition) is 0. The van der Waals surface area contributed by atoms with Gasteiger partial charge in [-0.1, -0.05) is 23.7 Å². The number of rotatable bonds is 4. The van der Waals surface area contributed by atoms with E-state index in [2.05, 4.69) is 14.9 Å². The van der Waals surface area contributed by atoms with Crippen molar-refractivity contribution in [1.82, 2.24) is 14.9 Å². The van der Waals surface area contributed by atoms with Gasteiger partial charge in [0.15, 0.2) is 5.82 Å². The SMILES string of the molecule is CC(=O)N(Cc1cccc(Cl)c1)c1cncc(N2CCN(C(=O)OC(C)(C)C)CC2)n1. The monoisotopic (exact) mass is 445 g/mol. The van der Waals surface area contributed by atoms with E-state index in [1.54, 1.807) is 28.3 Å². The quantitative estimate of drug-likeness (QED) is 0.713. The summed E-state index contributed by atoms with van der Waals surface area (Å²) in [7, 11) is 0. The number of piperazine rings is 1. The van der Waals surface area contributed by atoms with Crippen LogP contribution in [0.25, 0.3) is 0 Å². The lowest BCUT2D eigenvalue weighted by Gasteiger charge is -2.36. The van der Waals surface area contributed by atoms with Crippen molar-refractivity contribution in [1.29, 1.82) is 0 Å². The normalized spacial score (nSPS) is 14.4. The maximum Gasteiger partial charge on any atom is 0.410 e. The van der Waals surface area contributed by atoms with Gasteiger partial charge < -0.3 is 14.5 Å². The summed E-state index contributed by atoms with van der Waals surface area (Å²) in [5, 5.41) is 0.615. The number of halogens is 1. The molecule has 31 heavy (non-hydrogen) atoms. The summed E-state index contributed by atoms with van der Waals surface area (Å²) < 4.78 is 5.45. The molecule has 0 radical (unpaired) electrons. The first kappa shape index (κ1) is 22.8. The average Bonchev–Trinajstić information content (AvgIpc) is 2.71. The van der Waals surface area contributed by atoms with E-state index in [9.17, 15) is 9.59 Å². The molecule has 3 rings (SSSR count). The van der Waals surface area contributed by atoms with Gasteiger partial charge in [0.1, 0.15) is 11.4 Å². The van der Waals surface area contributed by atoms with Gasteiger partial charge in [-0.15, -0.1) is 0 Å². The fraction of sp³-hybridized carbons (Fsp3) is 0.455. The number of nitrogens with zero attached hydrogens (tertiary/aromatic N) is 5. The van der Waals surface area contributed by atoms with E-state index in [1.807, 2.05) is 39.0 Å². The lowest BCUT2D eigenvalue weighted by Crippen LogP contribution is -2.50. The average molecular weight is 446 g/mol. The van der Waals surface area contributed by atoms with Gasteiger partial charge in [-0.2, -0.15) is 0 Å². The first-order chi connectivity index (χ1) is 14.6. The third-order valence-corrected chi connectivity index (χ3v) is 4.99. The zero-order valence-electron chi connectivity index (χ0n) is 18.3. The largest absolute Gasteiger partial charge is 0.444 e. The molecule has 0 spiro atoms. The molecule has 0 unspecified atom stereocenters. The first-order valence-corrected chi connectivity index (χ1v) is 10.6. The molecule has 0 saturated carbocycles. The molecule has 2 amide bonds. The van der Waals surface area contributed by atoms with E-state index in [0.29, 0.717) is 49.4 Å². The predicted octanol–water partition coefficient (Wildman–Crippen LogP) is 3.74. The maximum atomic E-state index is 12.3. The molecular weight excluding hydrogens is 418 g/mol. The molecule has 1 aromatic heterocycles. The van der Waals surface area contributed by atoms with Crippen molar-refractivity contribution < 1.29 is 14.3 Å². The van der Waals surface area contributed by atoms with Crippen LogP contribution in [0, 0.1) is 0 Å². The minimum Gasteiger partial charge on any atom is -0.444 e. The highest BCUT2D eigenvalue weighted by atomic mass is 35.5. The summed E-state index contributed by atoms with van der Waals surface area (Å²) in [4.78, 5) is 38.9. The zero-order valence-corrected chi connectivity index (χ0v) is 19.1. The molecule has 1 fully saturated rings. The van der Waals surface area contributed by atoms with Crippen LogP contribution in [0.2, 0.25) is 5.02 Å². The predicted molar refractivity (Wildman–Crippen MR) is 120 cm³/mol. The topological polar surface area (TPSA) is 78.9 Å². The molecule has 1 saturated heterocycles. The second kappa shape index (κ2) is 9.51. The molecule has 1 aromatic carbocycles. The van der Waals surface area contributed by atoms with Crippen LogP contribution >= 0.6 is 11.6 Å². The van der Waals surface area contributed by atoms with Crippen molar-refractivity contribution in [3.05, 3.63) is 47.2 Å². The van der Waals surface area contributed by atoms with Gasteiger partial charge in [-0.05, 0) is 38.5 Å². The Hall–Kier alpha value is -2.87. The molecule has 0 bridgehead atoms. The molecule has 1 aliphatic rings. The van der Waals surface area contributed by atoms with Gasteiger partial charge in [0.25, 0.3) is 0 Å². The van der Waals surface area contributed by atoms with Gasteiger partial charge in [-0.25, -0.2) is 9.78 Å². The van der Waals surface area contributed by atoms with Crippen LogP contribution in [0.15, 0.2) is 36.7 Å². The summed E-state index contributed by atoms with van der Waals surface area (Å²) in [6.07, 6.45) is 2.94. The Morgan fingerprint density at radius 1 is 1.16 bits per heavy atom. The van der Waals surface area contributed by atoms with Crippen molar-refractivity contribution in [3.63, 3.8) is 0 Å². The first-order valence-electron chi connectivity index (χ1n) is 10.2. The third-order valence-electron chi connectivity index (χ3n) is 4.75. The number of hydrogen-bond acceptors (Lipinski definition) is 6. The van der Waals surface area contributed by atoms with Gasteiger partial charge in [-0.3, -0.25) is 14.7 Å². The lowest BCUT2D eigenvalue weighted by molar-refractivity contribution is -0.116. The Morgan fingerprint density at radius 2 is 1.87 bits per heavy atom. The Morgan fingerprint density at radius 3 is 2.48 bits per heavy atom. The van der Waals surface area contributed by atoms with Gasteiger partial charge in [0.05, 0.1) is 18.9 Å². The van der Waals surface area contributed by atoms with Crippen LogP contribution < -0.4 is 9.80 Å². The van der Waals surface area contributed by atoms with Crippen LogP contribution in [-0.4, -0.2) is 58.6 Å². The highest BCUT2D eigenvalue weighted by Crippen LogP contribution is 2.21. The number of amides is 2. The maximum absolute atomic E-state index is 12.3. The van der Waals surface area contributed by atoms with E-state index < -0.39 is 5.60 Å². The number of carbonyl (C=O) groups is 2. The summed E-state index contributed by atoms with van der Waals surface area (Å²) in [5.41, 5.74) is 0.383. The van der Waals surface area contributed by atoms with Crippen LogP contribution in [0.1, 0.15) is 33.3 Å². The molecule has 2 aromatic rings. The van der Waals surface area contributed by atoms with Crippen LogP contribution in [0.3, 0.4) is 0 Å². The molecular formula is C22H28ClN5O3. The Labute approximate surface area is 187 Å². The van der Waals surface area contributed by atoms with E-state index >= 15 is 0 Å². The van der Waals surface area contributed by atoms with Crippen LogP contribution in [-0.2, 0) is 16.1 Å². The van der Waals surface area contributed by atoms with Crippen LogP contribution in [0.5, 0.6) is 0 Å². The van der Waals surface area contributed by atoms with Crippen molar-refractivity contribution in [2.75, 3.05) is 36.0 Å². The van der Waals surface area contributed by atoms with E-state index in [4.69, 9.17) is 16.3 Å². The number of benzene rings is 1. The molecule has 2 heterocycles. The Balaban J connectivity index is 1.69. The van der Waals surface area contributed by atoms with E-state index in [-0.39, 0.29) is 12.0 Å². The highest BCUT2D eigenvalue weighted by Gasteiger charge is 2.27. The number of aromatic nitrogens is 2. The molecule has 0 aliphatic carbocycles. The van der Waals surface area contributed by atoms with E-state index in [1.165, 1.54) is 6.92 Å². The molecule has 8 nitrogen and oxygen atoms in total. The van der Waals surface area contributed by atoms with Gasteiger partial charge >= 0.3 is 6.09 Å². The minimum atomic E-state index is -0.521. The smallest absolute Gasteiger partial charge is 0.410 e. The Kier molecular flexibility index (Phi) is 7.00. The van der Waals surface area contributed by atoms with Crippen molar-refractivity contribution in [3.8, 4) is 0 Å². The third kappa shape index (κ3) is 6.30. The fourth-order valence-corrected chi connectivity index (χ4v) is 3.46. The highest BCUT2D eigenvalue weighted by molar-refractivity contribution is 6.30. The standard InChI is InChI=1S/C22H28ClN5O3/c1-16(29)28(15-17-6-5-7-18(23)12-17)20-14-24-13-19(25-20)26-8-10-27(11-9-26)21(30)31-22(2,3)4/h5-7,12-14H,8-11,15H2,1-4H3. The second-order valence-electron chi connectivity index (χ2n) is 8.42. The molecule has 0 atom stereocenters. The number of anilines is 2. The minimum absolute atomic E-state index is 0.138. The van der Waals surface area contributed by atoms with Gasteiger partial charge in [0.2, 0.25) is 5.91 Å². The van der Waals surface area contributed by atoms with Crippen molar-refractivity contribution >= 4 is 35.2 Å². The summed E-state index contributed by atoms with van der Waals surface area (Å²) in [6, 6.07) is 7.38. The molecule has 1 aliphatic heterocycles. The number of carbonyl (C=O) groups excluding carboxylic acids is 2.